The van der Waals surface area contributed by atoms with Crippen LogP contribution in [0.2, 0.25) is 0 Å². The Bertz CT molecular complexity index is 145. The van der Waals surface area contributed by atoms with Crippen molar-refractivity contribution in [3.8, 4) is 0 Å². The summed E-state index contributed by atoms with van der Waals surface area (Å²) in [6.45, 7) is 4.02. The van der Waals surface area contributed by atoms with E-state index in [4.69, 9.17) is 20.9 Å². The van der Waals surface area contributed by atoms with E-state index >= 15 is 0 Å². The quantitative estimate of drug-likeness (QED) is 0.511. The molecule has 1 rings (SSSR count). The van der Waals surface area contributed by atoms with Crippen LogP contribution in [0.25, 0.3) is 0 Å². The Morgan fingerprint density at radius 2 is 1.56 bits per heavy atom. The number of hydrogen-bond donors (Lipinski definition) is 0. The van der Waals surface area contributed by atoms with Gasteiger partial charge in [0.05, 0.1) is 12.2 Å². The first kappa shape index (κ1) is 7.67. The summed E-state index contributed by atoms with van der Waals surface area (Å²) < 4.78 is 10.7. The molecule has 9 heavy (non-hydrogen) atoms. The maximum atomic E-state index is 5.36. The summed E-state index contributed by atoms with van der Waals surface area (Å²) in [5.41, 5.74) is 0. The molecule has 54 valence electrons. The second kappa shape index (κ2) is 2.31. The SMILES string of the molecule is CC1OP(C)(=S)OC1C. The van der Waals surface area contributed by atoms with Crippen molar-refractivity contribution in [1.82, 2.24) is 0 Å². The molecule has 0 aromatic carbocycles. The molecule has 0 saturated carbocycles. The van der Waals surface area contributed by atoms with E-state index in [2.05, 4.69) is 0 Å². The van der Waals surface area contributed by atoms with Crippen LogP contribution < -0.4 is 0 Å². The lowest BCUT2D eigenvalue weighted by Gasteiger charge is -2.04. The van der Waals surface area contributed by atoms with Gasteiger partial charge in [0.25, 0.3) is 0 Å². The smallest absolute Gasteiger partial charge is 0.186 e. The number of hydrogen-bond acceptors (Lipinski definition) is 3. The van der Waals surface area contributed by atoms with Crippen LogP contribution in [0.4, 0.5) is 0 Å². The monoisotopic (exact) mass is 166 g/mol. The average Bonchev–Trinajstić information content (AvgIpc) is 1.79. The largest absolute Gasteiger partial charge is 0.324 e. The lowest BCUT2D eigenvalue weighted by molar-refractivity contribution is 0.187. The maximum absolute atomic E-state index is 5.36. The summed E-state index contributed by atoms with van der Waals surface area (Å²) in [5.74, 6) is 0. The van der Waals surface area contributed by atoms with Crippen LogP contribution in [0, 0.1) is 0 Å². The van der Waals surface area contributed by atoms with E-state index in [1.165, 1.54) is 0 Å². The van der Waals surface area contributed by atoms with Gasteiger partial charge in [0, 0.05) is 6.66 Å². The maximum Gasteiger partial charge on any atom is 0.186 e. The average molecular weight is 166 g/mol. The molecule has 2 unspecified atom stereocenters. The predicted octanol–water partition coefficient (Wildman–Crippen LogP) is 1.75. The zero-order chi connectivity index (χ0) is 7.07. The second-order valence-electron chi connectivity index (χ2n) is 2.39. The van der Waals surface area contributed by atoms with Crippen molar-refractivity contribution in [2.24, 2.45) is 0 Å². The van der Waals surface area contributed by atoms with Crippen molar-refractivity contribution in [3.63, 3.8) is 0 Å². The van der Waals surface area contributed by atoms with E-state index in [0.717, 1.165) is 0 Å². The summed E-state index contributed by atoms with van der Waals surface area (Å²) in [6, 6.07) is 0. The summed E-state index contributed by atoms with van der Waals surface area (Å²) in [5, 5.41) is 0. The summed E-state index contributed by atoms with van der Waals surface area (Å²) in [6.07, 6.45) is 0.363. The fourth-order valence-electron chi connectivity index (χ4n) is 0.800. The Kier molecular flexibility index (Phi) is 1.97. The standard InChI is InChI=1S/C5H11O2PS/c1-4-5(2)7-8(3,9)6-4/h4-5H,1-3H3. The molecule has 0 aromatic rings. The predicted molar refractivity (Wildman–Crippen MR) is 41.3 cm³/mol. The van der Waals surface area contributed by atoms with Gasteiger partial charge in [-0.05, 0) is 25.7 Å². The van der Waals surface area contributed by atoms with Gasteiger partial charge in [-0.1, -0.05) is 0 Å². The molecule has 1 aliphatic heterocycles. The van der Waals surface area contributed by atoms with E-state index in [1.807, 2.05) is 20.5 Å². The third-order valence-corrected chi connectivity index (χ3v) is 3.32. The molecular formula is C5H11O2PS. The third kappa shape index (κ3) is 1.74. The Morgan fingerprint density at radius 3 is 1.67 bits per heavy atom. The summed E-state index contributed by atoms with van der Waals surface area (Å²) in [7, 11) is 0. The van der Waals surface area contributed by atoms with Crippen LogP contribution in [0.1, 0.15) is 13.8 Å². The topological polar surface area (TPSA) is 18.5 Å². The molecule has 0 aromatic heterocycles. The van der Waals surface area contributed by atoms with Gasteiger partial charge in [0.15, 0.2) is 6.49 Å². The fourth-order valence-corrected chi connectivity index (χ4v) is 3.22. The molecule has 2 nitrogen and oxygen atoms in total. The highest BCUT2D eigenvalue weighted by Gasteiger charge is 2.31. The summed E-state index contributed by atoms with van der Waals surface area (Å²) >= 11 is 5.03. The lowest BCUT2D eigenvalue weighted by atomic mass is 10.3. The molecule has 0 aliphatic carbocycles. The van der Waals surface area contributed by atoms with Gasteiger partial charge < -0.3 is 9.05 Å². The van der Waals surface area contributed by atoms with Gasteiger partial charge in [-0.2, -0.15) is 0 Å². The molecule has 0 radical (unpaired) electrons. The highest BCUT2D eigenvalue weighted by Crippen LogP contribution is 2.53. The highest BCUT2D eigenvalue weighted by molar-refractivity contribution is 8.09. The third-order valence-electron chi connectivity index (χ3n) is 1.38. The van der Waals surface area contributed by atoms with Gasteiger partial charge in [-0.25, -0.2) is 0 Å². The van der Waals surface area contributed by atoms with Crippen molar-refractivity contribution >= 4 is 18.3 Å². The van der Waals surface area contributed by atoms with Gasteiger partial charge in [0.2, 0.25) is 0 Å². The fraction of sp³-hybridized carbons (Fsp3) is 1.00. The minimum absolute atomic E-state index is 0.181. The van der Waals surface area contributed by atoms with Crippen molar-refractivity contribution in [2.45, 2.75) is 26.1 Å². The van der Waals surface area contributed by atoms with E-state index < -0.39 is 6.49 Å². The van der Waals surface area contributed by atoms with Crippen LogP contribution in [0.3, 0.4) is 0 Å². The molecule has 4 heteroatoms. The van der Waals surface area contributed by atoms with Crippen molar-refractivity contribution < 1.29 is 9.05 Å². The van der Waals surface area contributed by atoms with Crippen LogP contribution in [-0.4, -0.2) is 18.9 Å². The number of rotatable bonds is 0. The van der Waals surface area contributed by atoms with E-state index in [9.17, 15) is 0 Å². The van der Waals surface area contributed by atoms with E-state index in [0.29, 0.717) is 0 Å². The van der Waals surface area contributed by atoms with Crippen LogP contribution >= 0.6 is 6.49 Å². The summed E-state index contributed by atoms with van der Waals surface area (Å²) in [4.78, 5) is 0. The van der Waals surface area contributed by atoms with Gasteiger partial charge in [0.1, 0.15) is 0 Å². The van der Waals surface area contributed by atoms with E-state index in [1.54, 1.807) is 0 Å². The molecule has 1 heterocycles. The Hall–Kier alpha value is 0.570. The minimum Gasteiger partial charge on any atom is -0.324 e. The first-order valence-electron chi connectivity index (χ1n) is 2.95. The zero-order valence-electron chi connectivity index (χ0n) is 5.83. The highest BCUT2D eigenvalue weighted by atomic mass is 32.5. The van der Waals surface area contributed by atoms with Crippen LogP contribution in [0.15, 0.2) is 0 Å². The normalized spacial score (nSPS) is 51.9. The molecule has 1 saturated heterocycles. The second-order valence-corrected chi connectivity index (χ2v) is 6.35. The molecule has 0 spiro atoms. The van der Waals surface area contributed by atoms with Gasteiger partial charge >= 0.3 is 0 Å². The first-order valence-corrected chi connectivity index (χ1v) is 6.04. The van der Waals surface area contributed by atoms with Gasteiger partial charge in [-0.3, -0.25) is 0 Å². The van der Waals surface area contributed by atoms with Crippen LogP contribution in [-0.2, 0) is 20.9 Å². The van der Waals surface area contributed by atoms with Gasteiger partial charge in [-0.15, -0.1) is 0 Å². The van der Waals surface area contributed by atoms with Crippen molar-refractivity contribution in [2.75, 3.05) is 6.66 Å². The molecule has 0 amide bonds. The van der Waals surface area contributed by atoms with Crippen molar-refractivity contribution in [1.29, 1.82) is 0 Å². The van der Waals surface area contributed by atoms with Crippen LogP contribution in [0.5, 0.6) is 0 Å². The Morgan fingerprint density at radius 1 is 1.22 bits per heavy atom. The Labute approximate surface area is 60.7 Å². The molecule has 0 N–H and O–H groups in total. The van der Waals surface area contributed by atoms with Crippen molar-refractivity contribution in [3.05, 3.63) is 0 Å². The van der Waals surface area contributed by atoms with E-state index in [-0.39, 0.29) is 12.2 Å². The molecular weight excluding hydrogens is 155 g/mol. The minimum atomic E-state index is -1.82. The Balaban J connectivity index is 2.65. The molecule has 1 fully saturated rings. The lowest BCUT2D eigenvalue weighted by Crippen LogP contribution is -2.13. The molecule has 1 aliphatic rings. The zero-order valence-corrected chi connectivity index (χ0v) is 7.54. The first-order chi connectivity index (χ1) is 4.01. The molecule has 0 bridgehead atoms. The molecule has 2 atom stereocenters.